The average Bonchev–Trinajstić information content (AvgIpc) is 2.71. The van der Waals surface area contributed by atoms with E-state index in [2.05, 4.69) is 4.99 Å². The zero-order valence-corrected chi connectivity index (χ0v) is 6.16. The number of rotatable bonds is 2. The maximum absolute atomic E-state index is 12.5. The quantitative estimate of drug-likeness (QED) is 0.596. The maximum atomic E-state index is 12.5. The Balaban J connectivity index is 1.86. The van der Waals surface area contributed by atoms with Gasteiger partial charge in [-0.1, -0.05) is 0 Å². The molecule has 0 aromatic rings. The molecule has 1 aliphatic heterocycles. The molecular formula is C8H10FNO. The summed E-state index contributed by atoms with van der Waals surface area (Å²) < 4.78 is 18.0. The second kappa shape index (κ2) is 2.74. The van der Waals surface area contributed by atoms with Gasteiger partial charge in [-0.3, -0.25) is 0 Å². The maximum Gasteiger partial charge on any atom is 0.191 e. The van der Waals surface area contributed by atoms with Gasteiger partial charge >= 0.3 is 0 Å². The van der Waals surface area contributed by atoms with Gasteiger partial charge in [-0.25, -0.2) is 4.99 Å². The van der Waals surface area contributed by atoms with Crippen LogP contribution in [-0.4, -0.2) is 18.2 Å². The van der Waals surface area contributed by atoms with Crippen LogP contribution in [0.3, 0.4) is 0 Å². The minimum Gasteiger partial charge on any atom is -0.370 e. The first-order valence-corrected chi connectivity index (χ1v) is 3.89. The molecule has 0 N–H and O–H groups in total. The molecule has 0 aromatic carbocycles. The lowest BCUT2D eigenvalue weighted by Crippen LogP contribution is -2.16. The molecule has 1 saturated carbocycles. The molecule has 2 nitrogen and oxygen atoms in total. The minimum atomic E-state index is -0.321. The highest BCUT2D eigenvalue weighted by molar-refractivity contribution is 5.77. The molecule has 3 heteroatoms. The highest BCUT2D eigenvalue weighted by Crippen LogP contribution is 2.27. The fourth-order valence-electron chi connectivity index (χ4n) is 1.05. The zero-order chi connectivity index (χ0) is 7.68. The molecule has 1 heterocycles. The van der Waals surface area contributed by atoms with E-state index in [-0.39, 0.29) is 12.1 Å². The number of halogens is 1. The van der Waals surface area contributed by atoms with Gasteiger partial charge in [-0.2, -0.15) is 4.39 Å². The molecule has 11 heavy (non-hydrogen) atoms. The third-order valence-electron chi connectivity index (χ3n) is 1.78. The van der Waals surface area contributed by atoms with Gasteiger partial charge in [0.1, 0.15) is 0 Å². The van der Waals surface area contributed by atoms with Crippen molar-refractivity contribution in [2.75, 3.05) is 0 Å². The van der Waals surface area contributed by atoms with Crippen LogP contribution < -0.4 is 0 Å². The number of aliphatic imine (C=N–C) groups is 1. The zero-order valence-electron chi connectivity index (χ0n) is 6.16. The lowest BCUT2D eigenvalue weighted by atomic mass is 10.2. The van der Waals surface area contributed by atoms with Crippen molar-refractivity contribution >= 4 is 5.97 Å². The second-order valence-electron chi connectivity index (χ2n) is 2.92. The fraction of sp³-hybridized carbons (Fsp3) is 0.625. The first kappa shape index (κ1) is 6.98. The minimum absolute atomic E-state index is 0.0694. The van der Waals surface area contributed by atoms with E-state index < -0.39 is 0 Å². The topological polar surface area (TPSA) is 21.6 Å². The summed E-state index contributed by atoms with van der Waals surface area (Å²) in [5, 5.41) is 0. The van der Waals surface area contributed by atoms with Crippen LogP contribution in [0.4, 0.5) is 4.39 Å². The Morgan fingerprint density at radius 2 is 2.36 bits per heavy atom. The van der Waals surface area contributed by atoms with Crippen molar-refractivity contribution in [2.45, 2.75) is 31.5 Å². The lowest BCUT2D eigenvalue weighted by Gasteiger charge is -2.13. The molecule has 0 bridgehead atoms. The highest BCUT2D eigenvalue weighted by atomic mass is 19.1. The van der Waals surface area contributed by atoms with Gasteiger partial charge in [0, 0.05) is 12.6 Å². The molecule has 2 aliphatic rings. The van der Waals surface area contributed by atoms with Crippen molar-refractivity contribution in [3.8, 4) is 0 Å². The van der Waals surface area contributed by atoms with Crippen molar-refractivity contribution < 1.29 is 9.13 Å². The summed E-state index contributed by atoms with van der Waals surface area (Å²) in [5.41, 5.74) is 0. The molecule has 1 aliphatic carbocycles. The van der Waals surface area contributed by atoms with Crippen LogP contribution in [-0.2, 0) is 4.74 Å². The average molecular weight is 155 g/mol. The van der Waals surface area contributed by atoms with Gasteiger partial charge in [0.25, 0.3) is 0 Å². The van der Waals surface area contributed by atoms with Gasteiger partial charge < -0.3 is 4.74 Å². The lowest BCUT2D eigenvalue weighted by molar-refractivity contribution is 0.0736. The SMILES string of the molecule is FC1=NC=CC(OC2CC2)C1. The molecule has 60 valence electrons. The van der Waals surface area contributed by atoms with Crippen LogP contribution in [0.2, 0.25) is 0 Å². The third kappa shape index (κ3) is 1.87. The summed E-state index contributed by atoms with van der Waals surface area (Å²) in [7, 11) is 0. The van der Waals surface area contributed by atoms with Crippen molar-refractivity contribution in [1.82, 2.24) is 0 Å². The predicted molar refractivity (Wildman–Crippen MR) is 40.2 cm³/mol. The van der Waals surface area contributed by atoms with E-state index in [0.717, 1.165) is 12.8 Å². The van der Waals surface area contributed by atoms with E-state index in [9.17, 15) is 4.39 Å². The molecule has 0 amide bonds. The normalized spacial score (nSPS) is 30.3. The van der Waals surface area contributed by atoms with Crippen LogP contribution >= 0.6 is 0 Å². The summed E-state index contributed by atoms with van der Waals surface area (Å²) in [6.07, 6.45) is 6.17. The molecule has 2 rings (SSSR count). The van der Waals surface area contributed by atoms with E-state index in [0.29, 0.717) is 12.5 Å². The largest absolute Gasteiger partial charge is 0.370 e. The number of hydrogen-bond acceptors (Lipinski definition) is 2. The van der Waals surface area contributed by atoms with E-state index in [1.807, 2.05) is 0 Å². The summed E-state index contributed by atoms with van der Waals surface area (Å²) in [6.45, 7) is 0. The van der Waals surface area contributed by atoms with Crippen LogP contribution in [0.15, 0.2) is 17.3 Å². The Morgan fingerprint density at radius 1 is 1.55 bits per heavy atom. The van der Waals surface area contributed by atoms with Gasteiger partial charge in [-0.15, -0.1) is 0 Å². The molecule has 0 aromatic heterocycles. The van der Waals surface area contributed by atoms with E-state index >= 15 is 0 Å². The molecular weight excluding hydrogens is 145 g/mol. The summed E-state index contributed by atoms with van der Waals surface area (Å²) in [5.74, 6) is -0.321. The van der Waals surface area contributed by atoms with Crippen LogP contribution in [0, 0.1) is 0 Å². The molecule has 1 atom stereocenters. The summed E-state index contributed by atoms with van der Waals surface area (Å²) in [4.78, 5) is 3.50. The smallest absolute Gasteiger partial charge is 0.191 e. The number of ether oxygens (including phenoxy) is 1. The molecule has 0 saturated heterocycles. The second-order valence-corrected chi connectivity index (χ2v) is 2.92. The fourth-order valence-corrected chi connectivity index (χ4v) is 1.05. The standard InChI is InChI=1S/C8H10FNO/c9-8-5-7(3-4-10-8)11-6-1-2-6/h3-4,6-7H,1-2,5H2. The molecule has 1 unspecified atom stereocenters. The summed E-state index contributed by atoms with van der Waals surface area (Å²) >= 11 is 0. The Bertz CT molecular complexity index is 208. The Kier molecular flexibility index (Phi) is 1.74. The molecule has 0 spiro atoms. The number of nitrogens with zero attached hydrogens (tertiary/aromatic N) is 1. The van der Waals surface area contributed by atoms with Crippen LogP contribution in [0.25, 0.3) is 0 Å². The van der Waals surface area contributed by atoms with Gasteiger partial charge in [0.2, 0.25) is 0 Å². The van der Waals surface area contributed by atoms with Crippen molar-refractivity contribution in [3.63, 3.8) is 0 Å². The summed E-state index contributed by atoms with van der Waals surface area (Å²) in [6, 6.07) is 0. The van der Waals surface area contributed by atoms with Crippen LogP contribution in [0.5, 0.6) is 0 Å². The monoisotopic (exact) mass is 155 g/mol. The highest BCUT2D eigenvalue weighted by Gasteiger charge is 2.26. The van der Waals surface area contributed by atoms with Gasteiger partial charge in [-0.05, 0) is 18.9 Å². The number of hydrogen-bond donors (Lipinski definition) is 0. The van der Waals surface area contributed by atoms with Gasteiger partial charge in [0.05, 0.1) is 12.2 Å². The molecule has 1 fully saturated rings. The Hall–Kier alpha value is -0.700. The van der Waals surface area contributed by atoms with Crippen molar-refractivity contribution in [1.29, 1.82) is 0 Å². The van der Waals surface area contributed by atoms with Crippen molar-refractivity contribution in [2.24, 2.45) is 4.99 Å². The first-order valence-electron chi connectivity index (χ1n) is 3.89. The van der Waals surface area contributed by atoms with Crippen molar-refractivity contribution in [3.05, 3.63) is 12.3 Å². The molecule has 0 radical (unpaired) electrons. The van der Waals surface area contributed by atoms with E-state index in [4.69, 9.17) is 4.74 Å². The Labute approximate surface area is 64.8 Å². The van der Waals surface area contributed by atoms with E-state index in [1.165, 1.54) is 6.20 Å². The van der Waals surface area contributed by atoms with E-state index in [1.54, 1.807) is 6.08 Å². The predicted octanol–water partition coefficient (Wildman–Crippen LogP) is 1.82. The van der Waals surface area contributed by atoms with Crippen LogP contribution in [0.1, 0.15) is 19.3 Å². The Morgan fingerprint density at radius 3 is 3.00 bits per heavy atom. The van der Waals surface area contributed by atoms with Gasteiger partial charge in [0.15, 0.2) is 5.97 Å². The third-order valence-corrected chi connectivity index (χ3v) is 1.78. The first-order chi connectivity index (χ1) is 5.34.